The van der Waals surface area contributed by atoms with Gasteiger partial charge >= 0.3 is 0 Å². The number of nitrogens with zero attached hydrogens (tertiary/aromatic N) is 2. The van der Waals surface area contributed by atoms with Gasteiger partial charge in [0.25, 0.3) is 5.91 Å². The van der Waals surface area contributed by atoms with E-state index in [0.29, 0.717) is 11.4 Å². The number of rotatable bonds is 4. The Morgan fingerprint density at radius 2 is 2.13 bits per heavy atom. The lowest BCUT2D eigenvalue weighted by Crippen LogP contribution is -2.31. The van der Waals surface area contributed by atoms with E-state index in [1.807, 2.05) is 6.92 Å². The monoisotopic (exact) mass is 333 g/mol. The maximum absolute atomic E-state index is 12.6. The summed E-state index contributed by atoms with van der Waals surface area (Å²) in [4.78, 5) is 22.6. The fourth-order valence-electron chi connectivity index (χ4n) is 2.78. The summed E-state index contributed by atoms with van der Waals surface area (Å²) >= 11 is 1.71. The molecule has 6 nitrogen and oxygen atoms in total. The largest absolute Gasteiger partial charge is 0.481 e. The molecule has 1 aliphatic carbocycles. The van der Waals surface area contributed by atoms with Crippen molar-refractivity contribution in [3.8, 4) is 11.8 Å². The lowest BCUT2D eigenvalue weighted by Gasteiger charge is -2.22. The fraction of sp³-hybridized carbons (Fsp3) is 0.438. The van der Waals surface area contributed by atoms with E-state index >= 15 is 0 Å². The highest BCUT2D eigenvalue weighted by Gasteiger charge is 2.27. The quantitative estimate of drug-likeness (QED) is 0.931. The van der Waals surface area contributed by atoms with Crippen molar-refractivity contribution in [3.63, 3.8) is 0 Å². The van der Waals surface area contributed by atoms with Crippen LogP contribution in [0.2, 0.25) is 0 Å². The van der Waals surface area contributed by atoms with Gasteiger partial charge in [-0.1, -0.05) is 0 Å². The van der Waals surface area contributed by atoms with E-state index in [4.69, 9.17) is 9.47 Å². The number of thiazole rings is 1. The molecule has 0 saturated heterocycles. The van der Waals surface area contributed by atoms with Crippen LogP contribution in [0.5, 0.6) is 11.8 Å². The van der Waals surface area contributed by atoms with Crippen molar-refractivity contribution in [1.29, 1.82) is 0 Å². The Morgan fingerprint density at radius 1 is 1.30 bits per heavy atom. The van der Waals surface area contributed by atoms with Gasteiger partial charge in [0.2, 0.25) is 11.8 Å². The van der Waals surface area contributed by atoms with Crippen molar-refractivity contribution in [2.75, 3.05) is 14.2 Å². The van der Waals surface area contributed by atoms with Crippen molar-refractivity contribution in [2.24, 2.45) is 0 Å². The summed E-state index contributed by atoms with van der Waals surface area (Å²) in [6.07, 6.45) is 2.99. The van der Waals surface area contributed by atoms with Gasteiger partial charge in [-0.05, 0) is 32.3 Å². The molecular weight excluding hydrogens is 314 g/mol. The van der Waals surface area contributed by atoms with Crippen LogP contribution in [0.1, 0.15) is 44.8 Å². The molecule has 1 N–H and O–H groups in total. The molecular formula is C16H19N3O3S. The molecule has 122 valence electrons. The maximum Gasteiger partial charge on any atom is 0.257 e. The first-order valence-corrected chi connectivity index (χ1v) is 8.30. The summed E-state index contributed by atoms with van der Waals surface area (Å²) in [5.41, 5.74) is 1.40. The normalized spacial score (nSPS) is 16.6. The number of aryl methyl sites for hydroxylation is 2. The van der Waals surface area contributed by atoms with Gasteiger partial charge in [0.1, 0.15) is 5.56 Å². The number of pyridine rings is 1. The smallest absolute Gasteiger partial charge is 0.257 e. The second kappa shape index (κ2) is 6.54. The molecule has 0 bridgehead atoms. The molecule has 1 amide bonds. The molecule has 0 radical (unpaired) electrons. The predicted molar refractivity (Wildman–Crippen MR) is 87.3 cm³/mol. The van der Waals surface area contributed by atoms with E-state index < -0.39 is 0 Å². The van der Waals surface area contributed by atoms with Crippen LogP contribution in [0, 0.1) is 6.92 Å². The van der Waals surface area contributed by atoms with E-state index in [1.54, 1.807) is 23.5 Å². The molecule has 0 unspecified atom stereocenters. The maximum atomic E-state index is 12.6. The average molecular weight is 333 g/mol. The van der Waals surface area contributed by atoms with Crippen LogP contribution in [0.25, 0.3) is 0 Å². The highest BCUT2D eigenvalue weighted by atomic mass is 32.1. The van der Waals surface area contributed by atoms with Crippen LogP contribution >= 0.6 is 11.3 Å². The molecule has 1 aliphatic rings. The van der Waals surface area contributed by atoms with Crippen molar-refractivity contribution < 1.29 is 14.3 Å². The van der Waals surface area contributed by atoms with Crippen LogP contribution < -0.4 is 14.8 Å². The Kier molecular flexibility index (Phi) is 4.47. The summed E-state index contributed by atoms with van der Waals surface area (Å²) in [6.45, 7) is 2.00. The van der Waals surface area contributed by atoms with Gasteiger partial charge in [-0.3, -0.25) is 4.79 Å². The highest BCUT2D eigenvalue weighted by Crippen LogP contribution is 2.33. The average Bonchev–Trinajstić information content (AvgIpc) is 2.95. The van der Waals surface area contributed by atoms with E-state index in [0.717, 1.165) is 30.0 Å². The van der Waals surface area contributed by atoms with Gasteiger partial charge < -0.3 is 14.8 Å². The van der Waals surface area contributed by atoms with Crippen LogP contribution in [0.3, 0.4) is 0 Å². The summed E-state index contributed by atoms with van der Waals surface area (Å²) < 4.78 is 10.3. The lowest BCUT2D eigenvalue weighted by atomic mass is 9.97. The minimum Gasteiger partial charge on any atom is -0.481 e. The molecule has 7 heteroatoms. The Morgan fingerprint density at radius 3 is 2.87 bits per heavy atom. The van der Waals surface area contributed by atoms with E-state index in [1.165, 1.54) is 19.1 Å². The Bertz CT molecular complexity index is 729. The number of amides is 1. The van der Waals surface area contributed by atoms with Crippen molar-refractivity contribution in [3.05, 3.63) is 33.3 Å². The second-order valence-electron chi connectivity index (χ2n) is 5.37. The van der Waals surface area contributed by atoms with Gasteiger partial charge in [-0.15, -0.1) is 11.3 Å². The zero-order valence-electron chi connectivity index (χ0n) is 13.4. The third kappa shape index (κ3) is 3.14. The SMILES string of the molecule is COc1ccc(C(=O)N[C@@H]2CCCc3sc(C)nc32)c(OC)n1. The Hall–Kier alpha value is -2.15. The first kappa shape index (κ1) is 15.7. The summed E-state index contributed by atoms with van der Waals surface area (Å²) in [7, 11) is 3.01. The summed E-state index contributed by atoms with van der Waals surface area (Å²) in [5, 5.41) is 4.10. The van der Waals surface area contributed by atoms with Gasteiger partial charge in [-0.25, -0.2) is 4.98 Å². The number of carbonyl (C=O) groups is 1. The third-order valence-corrected chi connectivity index (χ3v) is 4.89. The zero-order chi connectivity index (χ0) is 16.4. The molecule has 23 heavy (non-hydrogen) atoms. The van der Waals surface area contributed by atoms with Gasteiger partial charge in [0.15, 0.2) is 0 Å². The van der Waals surface area contributed by atoms with Gasteiger partial charge in [0.05, 0.1) is 31.0 Å². The standard InChI is InChI=1S/C16H19N3O3S/c1-9-17-14-11(5-4-6-12(14)23-9)18-15(20)10-7-8-13(21-2)19-16(10)22-3/h7-8,11H,4-6H2,1-3H3,(H,18,20)/t11-/m1/s1. The molecule has 3 rings (SSSR count). The minimum absolute atomic E-state index is 0.0528. The van der Waals surface area contributed by atoms with Crippen LogP contribution in [0.4, 0.5) is 0 Å². The van der Waals surface area contributed by atoms with Crippen LogP contribution in [-0.4, -0.2) is 30.1 Å². The highest BCUT2D eigenvalue weighted by molar-refractivity contribution is 7.11. The molecule has 0 fully saturated rings. The number of aromatic nitrogens is 2. The molecule has 2 aromatic rings. The first-order chi connectivity index (χ1) is 11.1. The molecule has 2 heterocycles. The van der Waals surface area contributed by atoms with Crippen LogP contribution in [-0.2, 0) is 6.42 Å². The molecule has 0 aromatic carbocycles. The van der Waals surface area contributed by atoms with Crippen molar-refractivity contribution in [1.82, 2.24) is 15.3 Å². The fourth-order valence-corrected chi connectivity index (χ4v) is 3.82. The van der Waals surface area contributed by atoms with Crippen LogP contribution in [0.15, 0.2) is 12.1 Å². The number of nitrogens with one attached hydrogen (secondary N) is 1. The number of ether oxygens (including phenoxy) is 2. The number of fused-ring (bicyclic) bond motifs is 1. The number of hydrogen-bond acceptors (Lipinski definition) is 6. The molecule has 0 aliphatic heterocycles. The summed E-state index contributed by atoms with van der Waals surface area (Å²) in [5.74, 6) is 0.460. The van der Waals surface area contributed by atoms with Crippen molar-refractivity contribution in [2.45, 2.75) is 32.2 Å². The van der Waals surface area contributed by atoms with E-state index in [-0.39, 0.29) is 17.8 Å². The first-order valence-electron chi connectivity index (χ1n) is 7.48. The van der Waals surface area contributed by atoms with E-state index in [9.17, 15) is 4.79 Å². The molecule has 2 aromatic heterocycles. The van der Waals surface area contributed by atoms with Gasteiger partial charge in [-0.2, -0.15) is 4.98 Å². The lowest BCUT2D eigenvalue weighted by molar-refractivity contribution is 0.0928. The minimum atomic E-state index is -0.208. The molecule has 0 saturated carbocycles. The summed E-state index contributed by atoms with van der Waals surface area (Å²) in [6, 6.07) is 3.26. The number of methoxy groups -OCH3 is 2. The Balaban J connectivity index is 1.83. The topological polar surface area (TPSA) is 73.3 Å². The van der Waals surface area contributed by atoms with Crippen molar-refractivity contribution >= 4 is 17.2 Å². The predicted octanol–water partition coefficient (Wildman–Crippen LogP) is 2.67. The second-order valence-corrected chi connectivity index (χ2v) is 6.66. The Labute approximate surface area is 138 Å². The zero-order valence-corrected chi connectivity index (χ0v) is 14.2. The van der Waals surface area contributed by atoms with Gasteiger partial charge in [0, 0.05) is 10.9 Å². The third-order valence-electron chi connectivity index (χ3n) is 3.85. The number of hydrogen-bond donors (Lipinski definition) is 1. The van der Waals surface area contributed by atoms with E-state index in [2.05, 4.69) is 15.3 Å². The molecule has 0 spiro atoms. The number of carbonyl (C=O) groups excluding carboxylic acids is 1. The molecule has 1 atom stereocenters.